The van der Waals surface area contributed by atoms with Crippen molar-refractivity contribution in [1.29, 1.82) is 0 Å². The second-order valence-corrected chi connectivity index (χ2v) is 5.07. The molecule has 0 amide bonds. The van der Waals surface area contributed by atoms with E-state index in [1.54, 1.807) is 0 Å². The van der Waals surface area contributed by atoms with E-state index < -0.39 is 0 Å². The van der Waals surface area contributed by atoms with Gasteiger partial charge in [0.15, 0.2) is 0 Å². The second kappa shape index (κ2) is 6.01. The molecule has 1 aromatic heterocycles. The summed E-state index contributed by atoms with van der Waals surface area (Å²) in [5.41, 5.74) is 0.113. The number of aliphatic hydroxyl groups is 1. The topological polar surface area (TPSA) is 50.1 Å². The van der Waals surface area contributed by atoms with E-state index in [-0.39, 0.29) is 12.1 Å². The molecule has 0 atom stereocenters. The van der Waals surface area contributed by atoms with Crippen molar-refractivity contribution in [1.82, 2.24) is 14.9 Å². The first kappa shape index (κ1) is 13.2. The van der Waals surface area contributed by atoms with Gasteiger partial charge in [-0.15, -0.1) is 0 Å². The van der Waals surface area contributed by atoms with Crippen LogP contribution in [0.4, 0.5) is 0 Å². The minimum absolute atomic E-state index is 0.113. The van der Waals surface area contributed by atoms with E-state index in [9.17, 15) is 0 Å². The summed E-state index contributed by atoms with van der Waals surface area (Å²) in [6.07, 6.45) is 5.68. The highest BCUT2D eigenvalue weighted by Crippen LogP contribution is 2.04. The first-order valence-corrected chi connectivity index (χ1v) is 5.89. The molecular formula is C12H23N3O. The van der Waals surface area contributed by atoms with Crippen LogP contribution in [0.25, 0.3) is 0 Å². The number of aliphatic hydroxyl groups excluding tert-OH is 1. The normalized spacial score (nSPS) is 12.0. The van der Waals surface area contributed by atoms with Crippen molar-refractivity contribution in [2.75, 3.05) is 6.61 Å². The van der Waals surface area contributed by atoms with Gasteiger partial charge in [0.2, 0.25) is 0 Å². The Morgan fingerprint density at radius 3 is 2.75 bits per heavy atom. The van der Waals surface area contributed by atoms with Crippen molar-refractivity contribution in [2.24, 2.45) is 0 Å². The summed E-state index contributed by atoms with van der Waals surface area (Å²) in [4.78, 5) is 4.34. The first-order chi connectivity index (χ1) is 7.53. The largest absolute Gasteiger partial charge is 0.396 e. The maximum Gasteiger partial charge on any atom is 0.122 e. The molecule has 92 valence electrons. The number of imidazole rings is 1. The summed E-state index contributed by atoms with van der Waals surface area (Å²) in [5, 5.41) is 12.2. The molecule has 1 rings (SSSR count). The Hall–Kier alpha value is -0.870. The average Bonchev–Trinajstić information content (AvgIpc) is 2.62. The van der Waals surface area contributed by atoms with Crippen molar-refractivity contribution in [2.45, 2.75) is 52.2 Å². The van der Waals surface area contributed by atoms with Crippen LogP contribution in [0, 0.1) is 0 Å². The van der Waals surface area contributed by atoms with Crippen LogP contribution in [-0.4, -0.2) is 26.8 Å². The lowest BCUT2D eigenvalue weighted by atomic mass is 10.1. The lowest BCUT2D eigenvalue weighted by Gasteiger charge is -2.20. The Labute approximate surface area is 97.7 Å². The maximum atomic E-state index is 8.74. The lowest BCUT2D eigenvalue weighted by molar-refractivity contribution is 0.280. The highest BCUT2D eigenvalue weighted by atomic mass is 16.2. The van der Waals surface area contributed by atoms with Crippen molar-refractivity contribution in [3.8, 4) is 0 Å². The fourth-order valence-corrected chi connectivity index (χ4v) is 1.45. The van der Waals surface area contributed by atoms with Crippen LogP contribution < -0.4 is 5.32 Å². The molecule has 0 aliphatic heterocycles. The average molecular weight is 225 g/mol. The number of hydrogen-bond acceptors (Lipinski definition) is 3. The molecule has 0 fully saturated rings. The molecule has 0 saturated carbocycles. The summed E-state index contributed by atoms with van der Waals surface area (Å²) in [7, 11) is 0. The molecular weight excluding hydrogens is 202 g/mol. The van der Waals surface area contributed by atoms with E-state index >= 15 is 0 Å². The van der Waals surface area contributed by atoms with Gasteiger partial charge in [0.25, 0.3) is 0 Å². The molecule has 0 bridgehead atoms. The van der Waals surface area contributed by atoms with Gasteiger partial charge in [-0.25, -0.2) is 4.98 Å². The van der Waals surface area contributed by atoms with E-state index in [1.807, 2.05) is 12.4 Å². The molecule has 1 heterocycles. The van der Waals surface area contributed by atoms with Gasteiger partial charge in [-0.2, -0.15) is 0 Å². The fraction of sp³-hybridized carbons (Fsp3) is 0.750. The SMILES string of the molecule is CC(C)(C)NCc1nccn1CCCCO. The molecule has 0 aliphatic carbocycles. The van der Waals surface area contributed by atoms with Crippen LogP contribution in [0.3, 0.4) is 0 Å². The highest BCUT2D eigenvalue weighted by Gasteiger charge is 2.10. The summed E-state index contributed by atoms with van der Waals surface area (Å²) >= 11 is 0. The number of nitrogens with one attached hydrogen (secondary N) is 1. The van der Waals surface area contributed by atoms with Crippen LogP contribution in [0.5, 0.6) is 0 Å². The zero-order valence-electron chi connectivity index (χ0n) is 10.5. The van der Waals surface area contributed by atoms with Crippen LogP contribution in [0.15, 0.2) is 12.4 Å². The van der Waals surface area contributed by atoms with Gasteiger partial charge in [-0.05, 0) is 33.6 Å². The van der Waals surface area contributed by atoms with Gasteiger partial charge < -0.3 is 15.0 Å². The minimum atomic E-state index is 0.113. The van der Waals surface area contributed by atoms with Gasteiger partial charge in [-0.3, -0.25) is 0 Å². The smallest absolute Gasteiger partial charge is 0.122 e. The van der Waals surface area contributed by atoms with Crippen LogP contribution >= 0.6 is 0 Å². The third-order valence-electron chi connectivity index (χ3n) is 2.39. The summed E-state index contributed by atoms with van der Waals surface area (Å²) in [6, 6.07) is 0. The van der Waals surface area contributed by atoms with E-state index in [0.717, 1.165) is 31.8 Å². The number of aryl methyl sites for hydroxylation is 1. The Morgan fingerprint density at radius 2 is 2.12 bits per heavy atom. The van der Waals surface area contributed by atoms with Crippen LogP contribution in [0.2, 0.25) is 0 Å². The number of nitrogens with zero attached hydrogens (tertiary/aromatic N) is 2. The zero-order chi connectivity index (χ0) is 12.0. The highest BCUT2D eigenvalue weighted by molar-refractivity contribution is 4.93. The molecule has 16 heavy (non-hydrogen) atoms. The number of hydrogen-bond donors (Lipinski definition) is 2. The monoisotopic (exact) mass is 225 g/mol. The molecule has 0 aromatic carbocycles. The van der Waals surface area contributed by atoms with Crippen molar-refractivity contribution < 1.29 is 5.11 Å². The third-order valence-corrected chi connectivity index (χ3v) is 2.39. The Balaban J connectivity index is 2.44. The van der Waals surface area contributed by atoms with Crippen molar-refractivity contribution in [3.05, 3.63) is 18.2 Å². The predicted octanol–water partition coefficient (Wildman–Crippen LogP) is 1.54. The summed E-state index contributed by atoms with van der Waals surface area (Å²) < 4.78 is 2.15. The molecule has 0 saturated heterocycles. The van der Waals surface area contributed by atoms with E-state index in [4.69, 9.17) is 5.11 Å². The molecule has 0 spiro atoms. The number of aromatic nitrogens is 2. The van der Waals surface area contributed by atoms with Gasteiger partial charge >= 0.3 is 0 Å². The molecule has 1 aromatic rings. The number of rotatable bonds is 6. The standard InChI is InChI=1S/C12H23N3O/c1-12(2,3)14-10-11-13-6-8-15(11)7-4-5-9-16/h6,8,14,16H,4-5,7,9-10H2,1-3H3. The molecule has 0 radical (unpaired) electrons. The van der Waals surface area contributed by atoms with Crippen LogP contribution in [-0.2, 0) is 13.1 Å². The second-order valence-electron chi connectivity index (χ2n) is 5.07. The lowest BCUT2D eigenvalue weighted by Crippen LogP contribution is -2.35. The van der Waals surface area contributed by atoms with Crippen molar-refractivity contribution in [3.63, 3.8) is 0 Å². The van der Waals surface area contributed by atoms with Crippen LogP contribution in [0.1, 0.15) is 39.4 Å². The zero-order valence-corrected chi connectivity index (χ0v) is 10.5. The maximum absolute atomic E-state index is 8.74. The van der Waals surface area contributed by atoms with E-state index in [2.05, 4.69) is 35.6 Å². The molecule has 0 unspecified atom stereocenters. The Morgan fingerprint density at radius 1 is 1.38 bits per heavy atom. The summed E-state index contributed by atoms with van der Waals surface area (Å²) in [5.74, 6) is 1.06. The fourth-order valence-electron chi connectivity index (χ4n) is 1.45. The van der Waals surface area contributed by atoms with Gasteiger partial charge in [0.05, 0.1) is 6.54 Å². The molecule has 4 nitrogen and oxygen atoms in total. The first-order valence-electron chi connectivity index (χ1n) is 5.89. The van der Waals surface area contributed by atoms with Gasteiger partial charge in [0, 0.05) is 31.1 Å². The van der Waals surface area contributed by atoms with Gasteiger partial charge in [-0.1, -0.05) is 0 Å². The third kappa shape index (κ3) is 4.77. The molecule has 0 aliphatic rings. The molecule has 2 N–H and O–H groups in total. The van der Waals surface area contributed by atoms with E-state index in [1.165, 1.54) is 0 Å². The quantitative estimate of drug-likeness (QED) is 0.722. The summed E-state index contributed by atoms with van der Waals surface area (Å²) in [6.45, 7) is 8.42. The Bertz CT molecular complexity index is 301. The minimum Gasteiger partial charge on any atom is -0.396 e. The van der Waals surface area contributed by atoms with Crippen molar-refractivity contribution >= 4 is 0 Å². The number of unbranched alkanes of at least 4 members (excludes halogenated alkanes) is 1. The predicted molar refractivity (Wildman–Crippen MR) is 65.1 cm³/mol. The Kier molecular flexibility index (Phi) is 4.96. The van der Waals surface area contributed by atoms with Gasteiger partial charge in [0.1, 0.15) is 5.82 Å². The molecule has 4 heteroatoms. The van der Waals surface area contributed by atoms with E-state index in [0.29, 0.717) is 0 Å².